The Labute approximate surface area is 121 Å². The predicted molar refractivity (Wildman–Crippen MR) is 76.6 cm³/mol. The molecule has 1 aromatic rings. The van der Waals surface area contributed by atoms with Crippen molar-refractivity contribution in [1.29, 1.82) is 0 Å². The molecule has 104 valence electrons. The Balaban J connectivity index is 2.71. The molecule has 4 nitrogen and oxygen atoms in total. The molecule has 1 unspecified atom stereocenters. The van der Waals surface area contributed by atoms with Crippen LogP contribution in [-0.2, 0) is 17.6 Å². The zero-order chi connectivity index (χ0) is 14.2. The normalized spacial score (nSPS) is 15.8. The minimum atomic E-state index is -1.06. The molecule has 0 amide bonds. The van der Waals surface area contributed by atoms with Crippen LogP contribution in [0.2, 0.25) is 0 Å². The number of aliphatic carboxylic acids is 1. The molecule has 0 aromatic heterocycles. The first-order valence-corrected chi connectivity index (χ1v) is 7.14. The van der Waals surface area contributed by atoms with Crippen LogP contribution in [0.4, 0.5) is 0 Å². The highest BCUT2D eigenvalue weighted by Crippen LogP contribution is 2.42. The number of carbonyl (C=O) groups is 1. The van der Waals surface area contributed by atoms with Gasteiger partial charge in [0.1, 0.15) is 11.8 Å². The lowest BCUT2D eigenvalue weighted by molar-refractivity contribution is -0.138. The second-order valence-electron chi connectivity index (χ2n) is 4.87. The predicted octanol–water partition coefficient (Wildman–Crippen LogP) is 2.73. The number of nitrogens with two attached hydrogens (primary N) is 1. The van der Waals surface area contributed by atoms with Gasteiger partial charge in [-0.2, -0.15) is 0 Å². The molecule has 0 spiro atoms. The molecule has 0 heterocycles. The molecule has 0 saturated heterocycles. The van der Waals surface area contributed by atoms with Crippen LogP contribution in [0.25, 0.3) is 0 Å². The monoisotopic (exact) mass is 327 g/mol. The zero-order valence-corrected chi connectivity index (χ0v) is 12.7. The van der Waals surface area contributed by atoms with Crippen LogP contribution in [0.5, 0.6) is 5.75 Å². The average Bonchev–Trinajstić information content (AvgIpc) is 2.41. The van der Waals surface area contributed by atoms with E-state index in [-0.39, 0.29) is 0 Å². The summed E-state index contributed by atoms with van der Waals surface area (Å²) in [5.74, 6) is -0.475. The summed E-state index contributed by atoms with van der Waals surface area (Å²) in [7, 11) is 1.55. The molecule has 3 N–H and O–H groups in total. The second-order valence-corrected chi connectivity index (χ2v) is 5.66. The van der Waals surface area contributed by atoms with Crippen molar-refractivity contribution >= 4 is 21.9 Å². The third-order valence-electron chi connectivity index (χ3n) is 3.81. The molecule has 1 atom stereocenters. The summed E-state index contributed by atoms with van der Waals surface area (Å²) < 4.78 is 6.27. The van der Waals surface area contributed by atoms with Crippen molar-refractivity contribution in [1.82, 2.24) is 0 Å². The van der Waals surface area contributed by atoms with Gasteiger partial charge >= 0.3 is 5.97 Å². The number of halogens is 1. The molecule has 5 heteroatoms. The van der Waals surface area contributed by atoms with Crippen LogP contribution in [0.3, 0.4) is 0 Å². The fourth-order valence-corrected chi connectivity index (χ4v) is 3.66. The highest BCUT2D eigenvalue weighted by Gasteiger charge is 2.28. The summed E-state index contributed by atoms with van der Waals surface area (Å²) in [5.41, 5.74) is 9.83. The Hall–Kier alpha value is -1.07. The molecule has 1 aliphatic carbocycles. The van der Waals surface area contributed by atoms with Gasteiger partial charge in [-0.05, 0) is 65.2 Å². The third-order valence-corrected chi connectivity index (χ3v) is 4.65. The van der Waals surface area contributed by atoms with E-state index in [2.05, 4.69) is 15.9 Å². The van der Waals surface area contributed by atoms with E-state index in [9.17, 15) is 9.90 Å². The van der Waals surface area contributed by atoms with Gasteiger partial charge in [0.05, 0.1) is 11.6 Å². The van der Waals surface area contributed by atoms with E-state index in [0.29, 0.717) is 11.3 Å². The molecule has 0 saturated carbocycles. The van der Waals surface area contributed by atoms with Crippen LogP contribution < -0.4 is 10.5 Å². The molecular formula is C14H18BrNO3. The number of carboxylic acids is 1. The summed E-state index contributed by atoms with van der Waals surface area (Å²) in [6.07, 6.45) is 4.26. The average molecular weight is 328 g/mol. The fraction of sp³-hybridized carbons (Fsp3) is 0.500. The minimum Gasteiger partial charge on any atom is -0.495 e. The molecule has 1 aliphatic rings. The molecule has 0 bridgehead atoms. The maximum absolute atomic E-state index is 11.2. The standard InChI is InChI=1S/C14H18BrNO3/c1-7-8-5-3-4-6-9(8)11(15)13(19-2)10(7)12(16)14(17)18/h12H,3-6,16H2,1-2H3,(H,17,18). The lowest BCUT2D eigenvalue weighted by Gasteiger charge is -2.26. The minimum absolute atomic E-state index is 0.563. The van der Waals surface area contributed by atoms with Gasteiger partial charge in [0, 0.05) is 5.56 Å². The Morgan fingerprint density at radius 3 is 2.47 bits per heavy atom. The first kappa shape index (κ1) is 14.3. The summed E-state index contributed by atoms with van der Waals surface area (Å²) in [6, 6.07) is -1.06. The van der Waals surface area contributed by atoms with E-state index in [4.69, 9.17) is 10.5 Å². The Bertz CT molecular complexity index is 528. The highest BCUT2D eigenvalue weighted by molar-refractivity contribution is 9.10. The first-order valence-electron chi connectivity index (χ1n) is 6.35. The van der Waals surface area contributed by atoms with E-state index >= 15 is 0 Å². The van der Waals surface area contributed by atoms with Crippen molar-refractivity contribution in [2.45, 2.75) is 38.6 Å². The number of rotatable bonds is 3. The highest BCUT2D eigenvalue weighted by atomic mass is 79.9. The summed E-state index contributed by atoms with van der Waals surface area (Å²) >= 11 is 3.56. The number of hydrogen-bond donors (Lipinski definition) is 2. The largest absolute Gasteiger partial charge is 0.495 e. The lowest BCUT2D eigenvalue weighted by atomic mass is 9.84. The Morgan fingerprint density at radius 2 is 1.95 bits per heavy atom. The summed E-state index contributed by atoms with van der Waals surface area (Å²) in [5, 5.41) is 9.18. The number of ether oxygens (including phenoxy) is 1. The molecule has 0 radical (unpaired) electrons. The summed E-state index contributed by atoms with van der Waals surface area (Å²) in [4.78, 5) is 11.2. The van der Waals surface area contributed by atoms with E-state index < -0.39 is 12.0 Å². The number of hydrogen-bond acceptors (Lipinski definition) is 3. The number of benzene rings is 1. The maximum Gasteiger partial charge on any atom is 0.325 e. The van der Waals surface area contributed by atoms with Crippen molar-refractivity contribution in [3.8, 4) is 5.75 Å². The van der Waals surface area contributed by atoms with Crippen molar-refractivity contribution in [2.24, 2.45) is 5.73 Å². The van der Waals surface area contributed by atoms with Crippen molar-refractivity contribution in [3.05, 3.63) is 26.7 Å². The molecule has 1 aromatic carbocycles. The SMILES string of the molecule is COc1c(Br)c2c(c(C)c1C(N)C(=O)O)CCCC2. The van der Waals surface area contributed by atoms with E-state index in [1.807, 2.05) is 6.92 Å². The molecule has 0 fully saturated rings. The Morgan fingerprint density at radius 1 is 1.37 bits per heavy atom. The van der Waals surface area contributed by atoms with Gasteiger partial charge in [-0.25, -0.2) is 0 Å². The maximum atomic E-state index is 11.2. The number of carboxylic acid groups (broad SMARTS) is 1. The van der Waals surface area contributed by atoms with Gasteiger partial charge in [-0.1, -0.05) is 0 Å². The number of methoxy groups -OCH3 is 1. The van der Waals surface area contributed by atoms with E-state index in [0.717, 1.165) is 35.7 Å². The van der Waals surface area contributed by atoms with Crippen LogP contribution in [0, 0.1) is 6.92 Å². The molecule has 0 aliphatic heterocycles. The Kier molecular flexibility index (Phi) is 4.16. The van der Waals surface area contributed by atoms with Gasteiger partial charge in [0.25, 0.3) is 0 Å². The topological polar surface area (TPSA) is 72.5 Å². The lowest BCUT2D eigenvalue weighted by Crippen LogP contribution is -2.24. The van der Waals surface area contributed by atoms with Gasteiger partial charge in [0.15, 0.2) is 0 Å². The first-order chi connectivity index (χ1) is 8.99. The molecule has 2 rings (SSSR count). The molecule has 19 heavy (non-hydrogen) atoms. The van der Waals surface area contributed by atoms with Crippen molar-refractivity contribution < 1.29 is 14.6 Å². The molecular weight excluding hydrogens is 310 g/mol. The van der Waals surface area contributed by atoms with Gasteiger partial charge < -0.3 is 15.6 Å². The third kappa shape index (κ3) is 2.37. The van der Waals surface area contributed by atoms with Crippen LogP contribution in [0.15, 0.2) is 4.47 Å². The second kappa shape index (κ2) is 5.51. The van der Waals surface area contributed by atoms with Gasteiger partial charge in [0.2, 0.25) is 0 Å². The van der Waals surface area contributed by atoms with Crippen molar-refractivity contribution in [2.75, 3.05) is 7.11 Å². The van der Waals surface area contributed by atoms with Crippen LogP contribution in [0.1, 0.15) is 41.1 Å². The van der Waals surface area contributed by atoms with Crippen molar-refractivity contribution in [3.63, 3.8) is 0 Å². The zero-order valence-electron chi connectivity index (χ0n) is 11.1. The quantitative estimate of drug-likeness (QED) is 0.895. The smallest absolute Gasteiger partial charge is 0.325 e. The van der Waals surface area contributed by atoms with Crippen LogP contribution >= 0.6 is 15.9 Å². The van der Waals surface area contributed by atoms with Gasteiger partial charge in [-0.15, -0.1) is 0 Å². The van der Waals surface area contributed by atoms with E-state index in [1.165, 1.54) is 11.1 Å². The van der Waals surface area contributed by atoms with Gasteiger partial charge in [-0.3, -0.25) is 4.79 Å². The number of fused-ring (bicyclic) bond motifs is 1. The van der Waals surface area contributed by atoms with E-state index in [1.54, 1.807) is 7.11 Å². The summed E-state index contributed by atoms with van der Waals surface area (Å²) in [6.45, 7) is 1.94. The fourth-order valence-electron chi connectivity index (χ4n) is 2.85. The van der Waals surface area contributed by atoms with Crippen LogP contribution in [-0.4, -0.2) is 18.2 Å².